The number of hydrogen-bond acceptors (Lipinski definition) is 2. The molecule has 0 aromatic carbocycles. The number of aliphatic hydroxyl groups is 1. The lowest BCUT2D eigenvalue weighted by Gasteiger charge is -2.58. The van der Waals surface area contributed by atoms with Crippen LogP contribution in [0, 0.1) is 46.3 Å². The van der Waals surface area contributed by atoms with E-state index in [0.29, 0.717) is 28.4 Å². The van der Waals surface area contributed by atoms with Crippen LogP contribution in [0.25, 0.3) is 0 Å². The molecule has 4 aliphatic carbocycles. The fraction of sp³-hybridized carbons (Fsp3) is 0.889. The van der Waals surface area contributed by atoms with E-state index in [-0.39, 0.29) is 12.0 Å². The molecule has 4 rings (SSSR count). The van der Waals surface area contributed by atoms with E-state index in [1.165, 1.54) is 32.1 Å². The van der Waals surface area contributed by atoms with Crippen LogP contribution in [-0.2, 0) is 4.79 Å². The van der Waals surface area contributed by atoms with Crippen LogP contribution in [0.2, 0.25) is 0 Å². The number of Topliss-reactive ketones (excluding diaryl/α,β-unsaturated/α-hetero) is 1. The molecule has 0 aliphatic heterocycles. The summed E-state index contributed by atoms with van der Waals surface area (Å²) >= 11 is 0. The van der Waals surface area contributed by atoms with Gasteiger partial charge in [-0.15, -0.1) is 0 Å². The number of ketones is 1. The average molecular weight is 401 g/mol. The predicted octanol–water partition coefficient (Wildman–Crippen LogP) is 6.57. The summed E-state index contributed by atoms with van der Waals surface area (Å²) in [6.45, 7) is 11.7. The van der Waals surface area contributed by atoms with Crippen molar-refractivity contribution in [2.45, 2.75) is 105 Å². The normalized spacial score (nSPS) is 45.2. The SMILES string of the molecule is CC(C)CCC(=O)C(C)C1CCC2C3CC=C4CC(O)CCC4(C)C3CCC12C. The Morgan fingerprint density at radius 1 is 1.10 bits per heavy atom. The van der Waals surface area contributed by atoms with Crippen LogP contribution in [0.3, 0.4) is 0 Å². The Morgan fingerprint density at radius 3 is 2.59 bits per heavy atom. The van der Waals surface area contributed by atoms with Crippen molar-refractivity contribution in [3.8, 4) is 0 Å². The highest BCUT2D eigenvalue weighted by Crippen LogP contribution is 2.67. The highest BCUT2D eigenvalue weighted by Gasteiger charge is 2.59. The fourth-order valence-electron chi connectivity index (χ4n) is 8.39. The molecule has 0 radical (unpaired) electrons. The Hall–Kier alpha value is -0.630. The number of carbonyl (C=O) groups is 1. The van der Waals surface area contributed by atoms with Gasteiger partial charge in [0.2, 0.25) is 0 Å². The van der Waals surface area contributed by atoms with Crippen LogP contribution in [0.4, 0.5) is 0 Å². The van der Waals surface area contributed by atoms with Crippen molar-refractivity contribution < 1.29 is 9.90 Å². The highest BCUT2D eigenvalue weighted by molar-refractivity contribution is 5.81. The molecule has 29 heavy (non-hydrogen) atoms. The van der Waals surface area contributed by atoms with Crippen molar-refractivity contribution in [1.29, 1.82) is 0 Å². The maximum atomic E-state index is 13.0. The second-order valence-corrected chi connectivity index (χ2v) is 12.1. The van der Waals surface area contributed by atoms with E-state index < -0.39 is 0 Å². The summed E-state index contributed by atoms with van der Waals surface area (Å²) in [5, 5.41) is 10.2. The van der Waals surface area contributed by atoms with Gasteiger partial charge in [0.05, 0.1) is 6.10 Å². The van der Waals surface area contributed by atoms with Crippen LogP contribution in [-0.4, -0.2) is 17.0 Å². The van der Waals surface area contributed by atoms with Gasteiger partial charge in [-0.2, -0.15) is 0 Å². The molecular formula is C27H44O2. The summed E-state index contributed by atoms with van der Waals surface area (Å²) in [6.07, 6.45) is 13.7. The summed E-state index contributed by atoms with van der Waals surface area (Å²) in [4.78, 5) is 13.0. The van der Waals surface area contributed by atoms with Gasteiger partial charge >= 0.3 is 0 Å². The van der Waals surface area contributed by atoms with Gasteiger partial charge in [0, 0.05) is 12.3 Å². The van der Waals surface area contributed by atoms with Crippen LogP contribution in [0.5, 0.6) is 0 Å². The fourth-order valence-corrected chi connectivity index (χ4v) is 8.39. The molecule has 0 aromatic rings. The summed E-state index contributed by atoms with van der Waals surface area (Å²) in [5.74, 6) is 4.32. The Labute approximate surface area is 178 Å². The van der Waals surface area contributed by atoms with Crippen molar-refractivity contribution in [2.75, 3.05) is 0 Å². The molecule has 2 heteroatoms. The molecule has 0 spiro atoms. The molecule has 3 saturated carbocycles. The third kappa shape index (κ3) is 3.56. The van der Waals surface area contributed by atoms with E-state index in [1.807, 2.05) is 0 Å². The lowest BCUT2D eigenvalue weighted by molar-refractivity contribution is -0.127. The zero-order valence-electron chi connectivity index (χ0n) is 19.5. The molecule has 8 atom stereocenters. The van der Waals surface area contributed by atoms with Crippen LogP contribution >= 0.6 is 0 Å². The summed E-state index contributed by atoms with van der Waals surface area (Å²) in [7, 11) is 0. The van der Waals surface area contributed by atoms with Crippen molar-refractivity contribution in [2.24, 2.45) is 46.3 Å². The number of carbonyl (C=O) groups excluding carboxylic acids is 1. The third-order valence-electron chi connectivity index (χ3n) is 10.2. The molecular weight excluding hydrogens is 356 g/mol. The Morgan fingerprint density at radius 2 is 1.86 bits per heavy atom. The van der Waals surface area contributed by atoms with Gasteiger partial charge < -0.3 is 5.11 Å². The van der Waals surface area contributed by atoms with Gasteiger partial charge in [0.1, 0.15) is 5.78 Å². The maximum absolute atomic E-state index is 13.0. The molecule has 164 valence electrons. The summed E-state index contributed by atoms with van der Waals surface area (Å²) in [5.41, 5.74) is 2.23. The number of rotatable bonds is 5. The Kier molecular flexibility index (Phi) is 5.82. The van der Waals surface area contributed by atoms with E-state index in [0.717, 1.165) is 49.9 Å². The maximum Gasteiger partial charge on any atom is 0.136 e. The molecule has 3 fully saturated rings. The van der Waals surface area contributed by atoms with E-state index in [2.05, 4.69) is 40.7 Å². The number of allylic oxidation sites excluding steroid dienone is 1. The second-order valence-electron chi connectivity index (χ2n) is 12.1. The van der Waals surface area contributed by atoms with Crippen molar-refractivity contribution in [3.05, 3.63) is 11.6 Å². The van der Waals surface area contributed by atoms with Gasteiger partial charge in [-0.1, -0.05) is 46.3 Å². The Balaban J connectivity index is 1.52. The quantitative estimate of drug-likeness (QED) is 0.530. The first kappa shape index (κ1) is 21.6. The van der Waals surface area contributed by atoms with Gasteiger partial charge in [-0.05, 0) is 98.2 Å². The van der Waals surface area contributed by atoms with E-state index in [4.69, 9.17) is 0 Å². The monoisotopic (exact) mass is 400 g/mol. The molecule has 1 N–H and O–H groups in total. The lowest BCUT2D eigenvalue weighted by Crippen LogP contribution is -2.51. The molecule has 0 bridgehead atoms. The van der Waals surface area contributed by atoms with E-state index in [9.17, 15) is 9.90 Å². The highest BCUT2D eigenvalue weighted by atomic mass is 16.3. The molecule has 0 amide bonds. The smallest absolute Gasteiger partial charge is 0.136 e. The van der Waals surface area contributed by atoms with Crippen LogP contribution in [0.1, 0.15) is 98.8 Å². The first-order valence-electron chi connectivity index (χ1n) is 12.6. The van der Waals surface area contributed by atoms with Crippen LogP contribution < -0.4 is 0 Å². The Bertz CT molecular complexity index is 663. The zero-order chi connectivity index (χ0) is 21.0. The minimum absolute atomic E-state index is 0.117. The van der Waals surface area contributed by atoms with Gasteiger partial charge in [0.25, 0.3) is 0 Å². The van der Waals surface area contributed by atoms with E-state index >= 15 is 0 Å². The largest absolute Gasteiger partial charge is 0.393 e. The van der Waals surface area contributed by atoms with E-state index in [1.54, 1.807) is 5.57 Å². The molecule has 2 nitrogen and oxygen atoms in total. The standard InChI is InChI=1S/C27H44O2/c1-17(2)6-11-25(29)18(3)22-9-10-23-21-8-7-19-16-20(28)12-14-26(19,4)24(21)13-15-27(22,23)5/h7,17-18,20-24,28H,6,8-16H2,1-5H3. The summed E-state index contributed by atoms with van der Waals surface area (Å²) in [6, 6.07) is 0. The molecule has 0 heterocycles. The lowest BCUT2D eigenvalue weighted by atomic mass is 9.47. The second kappa shape index (κ2) is 7.81. The minimum atomic E-state index is -0.117. The first-order chi connectivity index (χ1) is 13.7. The van der Waals surface area contributed by atoms with Crippen LogP contribution in [0.15, 0.2) is 11.6 Å². The average Bonchev–Trinajstić information content (AvgIpc) is 3.03. The van der Waals surface area contributed by atoms with Gasteiger partial charge in [0.15, 0.2) is 0 Å². The first-order valence-corrected chi connectivity index (χ1v) is 12.6. The molecule has 0 saturated heterocycles. The predicted molar refractivity (Wildman–Crippen MR) is 119 cm³/mol. The van der Waals surface area contributed by atoms with Crippen molar-refractivity contribution in [3.63, 3.8) is 0 Å². The van der Waals surface area contributed by atoms with Gasteiger partial charge in [-0.3, -0.25) is 4.79 Å². The minimum Gasteiger partial charge on any atom is -0.393 e. The third-order valence-corrected chi connectivity index (χ3v) is 10.2. The molecule has 0 aromatic heterocycles. The topological polar surface area (TPSA) is 37.3 Å². The summed E-state index contributed by atoms with van der Waals surface area (Å²) < 4.78 is 0. The number of aliphatic hydroxyl groups excluding tert-OH is 1. The zero-order valence-corrected chi connectivity index (χ0v) is 19.5. The van der Waals surface area contributed by atoms with Gasteiger partial charge in [-0.25, -0.2) is 0 Å². The van der Waals surface area contributed by atoms with Crippen molar-refractivity contribution >= 4 is 5.78 Å². The van der Waals surface area contributed by atoms with Crippen molar-refractivity contribution in [1.82, 2.24) is 0 Å². The number of fused-ring (bicyclic) bond motifs is 5. The molecule has 8 unspecified atom stereocenters. The molecule has 4 aliphatic rings. The number of hydrogen-bond donors (Lipinski definition) is 1.